The van der Waals surface area contributed by atoms with Gasteiger partial charge in [-0.1, -0.05) is 114 Å². The summed E-state index contributed by atoms with van der Waals surface area (Å²) in [5.74, 6) is -1.00. The zero-order chi connectivity index (χ0) is 21.2. The number of ether oxygens (including phenoxy) is 2. The first kappa shape index (κ1) is 21.0. The normalized spacial score (nSPS) is 28.2. The minimum absolute atomic E-state index is 0.387. The molecule has 30 heavy (non-hydrogen) atoms. The van der Waals surface area contributed by atoms with Gasteiger partial charge in [-0.2, -0.15) is 0 Å². The minimum Gasteiger partial charge on any atom is -0.467 e. The molecule has 1 heterocycles. The highest BCUT2D eigenvalue weighted by Crippen LogP contribution is 2.61. The van der Waals surface area contributed by atoms with Crippen molar-refractivity contribution in [2.75, 3.05) is 11.5 Å². The van der Waals surface area contributed by atoms with E-state index in [1.165, 1.54) is 7.11 Å². The quantitative estimate of drug-likeness (QED) is 0.303. The van der Waals surface area contributed by atoms with Crippen LogP contribution < -0.4 is 0 Å². The van der Waals surface area contributed by atoms with Crippen molar-refractivity contribution < 1.29 is 19.4 Å². The van der Waals surface area contributed by atoms with Crippen molar-refractivity contribution in [1.29, 1.82) is 0 Å². The van der Waals surface area contributed by atoms with E-state index in [0.717, 1.165) is 5.56 Å². The van der Waals surface area contributed by atoms with Crippen molar-refractivity contribution in [1.82, 2.24) is 0 Å². The number of hydrogen-bond donors (Lipinski definition) is 1. The first-order chi connectivity index (χ1) is 14.6. The molecule has 4 rings (SSSR count). The Bertz CT molecular complexity index is 995. The lowest BCUT2D eigenvalue weighted by Gasteiger charge is -2.41. The summed E-state index contributed by atoms with van der Waals surface area (Å²) in [6.07, 6.45) is -0.493. The number of alkyl halides is 1. The molecule has 3 aromatic carbocycles. The number of halogens is 1. The van der Waals surface area contributed by atoms with Crippen LogP contribution in [0.1, 0.15) is 22.8 Å². The fourth-order valence-electron chi connectivity index (χ4n) is 4.51. The van der Waals surface area contributed by atoms with Gasteiger partial charge in [0.05, 0.1) is 13.2 Å². The van der Waals surface area contributed by atoms with E-state index in [2.05, 4.69) is 22.6 Å². The van der Waals surface area contributed by atoms with E-state index < -0.39 is 23.3 Å². The summed E-state index contributed by atoms with van der Waals surface area (Å²) in [7, 11) is 1.33. The van der Waals surface area contributed by atoms with Crippen molar-refractivity contribution in [3.8, 4) is 0 Å². The molecule has 0 saturated carbocycles. The van der Waals surface area contributed by atoms with Gasteiger partial charge in [0, 0.05) is 10.3 Å². The molecule has 0 unspecified atom stereocenters. The molecular formula is C25H23IO4. The molecule has 1 aliphatic rings. The SMILES string of the molecule is COC(=O)[C@@]1(c2ccccc2)O[C@H](c2ccccc2)[C@H](CI)[C@]1(O)c1ccccc1. The molecule has 0 amide bonds. The first-order valence-corrected chi connectivity index (χ1v) is 11.3. The van der Waals surface area contributed by atoms with Crippen LogP contribution in [-0.4, -0.2) is 22.6 Å². The molecule has 0 aromatic heterocycles. The van der Waals surface area contributed by atoms with Gasteiger partial charge >= 0.3 is 5.97 Å². The topological polar surface area (TPSA) is 55.8 Å². The summed E-state index contributed by atoms with van der Waals surface area (Å²) in [4.78, 5) is 13.5. The molecule has 4 nitrogen and oxygen atoms in total. The lowest BCUT2D eigenvalue weighted by atomic mass is 9.68. The van der Waals surface area contributed by atoms with Crippen LogP contribution in [0.4, 0.5) is 0 Å². The van der Waals surface area contributed by atoms with E-state index in [1.54, 1.807) is 0 Å². The largest absolute Gasteiger partial charge is 0.467 e. The average Bonchev–Trinajstić information content (AvgIpc) is 3.10. The Kier molecular flexibility index (Phi) is 5.95. The van der Waals surface area contributed by atoms with Gasteiger partial charge in [-0.3, -0.25) is 0 Å². The number of esters is 1. The highest BCUT2D eigenvalue weighted by Gasteiger charge is 2.71. The molecule has 0 radical (unpaired) electrons. The summed E-state index contributed by atoms with van der Waals surface area (Å²) in [6, 6.07) is 28.2. The molecule has 1 N–H and O–H groups in total. The maximum absolute atomic E-state index is 13.5. The lowest BCUT2D eigenvalue weighted by molar-refractivity contribution is -0.197. The van der Waals surface area contributed by atoms with E-state index in [9.17, 15) is 9.90 Å². The monoisotopic (exact) mass is 514 g/mol. The van der Waals surface area contributed by atoms with E-state index >= 15 is 0 Å². The molecule has 3 aromatic rings. The number of benzene rings is 3. The van der Waals surface area contributed by atoms with Gasteiger partial charge in [0.25, 0.3) is 0 Å². The van der Waals surface area contributed by atoms with Gasteiger partial charge in [0.15, 0.2) is 0 Å². The maximum Gasteiger partial charge on any atom is 0.346 e. The summed E-state index contributed by atoms with van der Waals surface area (Å²) >= 11 is 2.26. The molecule has 1 saturated heterocycles. The molecule has 1 aliphatic heterocycles. The van der Waals surface area contributed by atoms with Crippen LogP contribution in [0.3, 0.4) is 0 Å². The van der Waals surface area contributed by atoms with Crippen LogP contribution in [0, 0.1) is 5.92 Å². The summed E-state index contributed by atoms with van der Waals surface area (Å²) in [5.41, 5.74) is -1.24. The number of carbonyl (C=O) groups is 1. The molecule has 0 bridgehead atoms. The van der Waals surface area contributed by atoms with Crippen LogP contribution >= 0.6 is 22.6 Å². The van der Waals surface area contributed by atoms with E-state index in [1.807, 2.05) is 91.0 Å². The summed E-state index contributed by atoms with van der Waals surface area (Å²) in [5, 5.41) is 12.5. The van der Waals surface area contributed by atoms with Gasteiger partial charge in [0.2, 0.25) is 5.60 Å². The Morgan fingerprint density at radius 3 is 1.93 bits per heavy atom. The van der Waals surface area contributed by atoms with Gasteiger partial charge in [-0.25, -0.2) is 4.79 Å². The number of carbonyl (C=O) groups excluding carboxylic acids is 1. The summed E-state index contributed by atoms with van der Waals surface area (Å²) < 4.78 is 12.5. The highest BCUT2D eigenvalue weighted by atomic mass is 127. The highest BCUT2D eigenvalue weighted by molar-refractivity contribution is 14.1. The fourth-order valence-corrected chi connectivity index (χ4v) is 5.61. The average molecular weight is 514 g/mol. The van der Waals surface area contributed by atoms with Gasteiger partial charge < -0.3 is 14.6 Å². The molecule has 0 aliphatic carbocycles. The predicted molar refractivity (Wildman–Crippen MR) is 123 cm³/mol. The molecule has 0 spiro atoms. The predicted octanol–water partition coefficient (Wildman–Crippen LogP) is 4.77. The second-order valence-electron chi connectivity index (χ2n) is 7.38. The smallest absolute Gasteiger partial charge is 0.346 e. The van der Waals surface area contributed by atoms with Gasteiger partial charge in [-0.15, -0.1) is 0 Å². The summed E-state index contributed by atoms with van der Waals surface area (Å²) in [6.45, 7) is 0. The van der Waals surface area contributed by atoms with E-state index in [4.69, 9.17) is 9.47 Å². The number of methoxy groups -OCH3 is 1. The lowest BCUT2D eigenvalue weighted by Crippen LogP contribution is -2.55. The Hall–Kier alpha value is -2.22. The standard InChI is InChI=1S/C25H23IO4/c1-29-23(27)25(20-15-9-4-10-16-20)24(28,19-13-7-3-8-14-19)21(17-26)22(30-25)18-11-5-2-6-12-18/h2-16,21-22,28H,17H2,1H3/t21-,22+,24+,25+/m0/s1. The van der Waals surface area contributed by atoms with Gasteiger partial charge in [-0.05, 0) is 16.7 Å². The number of hydrogen-bond acceptors (Lipinski definition) is 4. The van der Waals surface area contributed by atoms with Crippen LogP contribution in [0.25, 0.3) is 0 Å². The fraction of sp³-hybridized carbons (Fsp3) is 0.240. The van der Waals surface area contributed by atoms with Crippen LogP contribution in [-0.2, 0) is 25.5 Å². The molecule has 5 heteroatoms. The Labute approximate surface area is 190 Å². The van der Waals surface area contributed by atoms with Crippen molar-refractivity contribution >= 4 is 28.6 Å². The number of rotatable bonds is 5. The van der Waals surface area contributed by atoms with Crippen LogP contribution in [0.15, 0.2) is 91.0 Å². The van der Waals surface area contributed by atoms with Crippen molar-refractivity contribution in [2.24, 2.45) is 5.92 Å². The molecule has 1 fully saturated rings. The Balaban J connectivity index is 2.04. The van der Waals surface area contributed by atoms with Crippen molar-refractivity contribution in [3.05, 3.63) is 108 Å². The molecule has 154 valence electrons. The minimum atomic E-state index is -1.71. The van der Waals surface area contributed by atoms with E-state index in [-0.39, 0.29) is 5.92 Å². The second kappa shape index (κ2) is 8.49. The zero-order valence-corrected chi connectivity index (χ0v) is 18.7. The van der Waals surface area contributed by atoms with Gasteiger partial charge in [0.1, 0.15) is 5.60 Å². The second-order valence-corrected chi connectivity index (χ2v) is 8.26. The first-order valence-electron chi connectivity index (χ1n) is 9.80. The Morgan fingerprint density at radius 1 is 0.933 bits per heavy atom. The Morgan fingerprint density at radius 2 is 1.43 bits per heavy atom. The van der Waals surface area contributed by atoms with E-state index in [0.29, 0.717) is 15.6 Å². The maximum atomic E-state index is 13.5. The van der Waals surface area contributed by atoms with Crippen molar-refractivity contribution in [2.45, 2.75) is 17.3 Å². The molecular weight excluding hydrogens is 491 g/mol. The zero-order valence-electron chi connectivity index (χ0n) is 16.6. The van der Waals surface area contributed by atoms with Crippen molar-refractivity contribution in [3.63, 3.8) is 0 Å². The third-order valence-corrected chi connectivity index (χ3v) is 6.85. The van der Waals surface area contributed by atoms with Crippen LogP contribution in [0.5, 0.6) is 0 Å². The van der Waals surface area contributed by atoms with Crippen LogP contribution in [0.2, 0.25) is 0 Å². The third kappa shape index (κ3) is 3.07. The number of aliphatic hydroxyl groups is 1. The third-order valence-electron chi connectivity index (χ3n) is 5.90. The molecule has 4 atom stereocenters.